The molecular formula is C13H16N2O. The van der Waals surface area contributed by atoms with Gasteiger partial charge in [-0.1, -0.05) is 24.3 Å². The van der Waals surface area contributed by atoms with Gasteiger partial charge in [0.1, 0.15) is 0 Å². The third-order valence-corrected chi connectivity index (χ3v) is 3.03. The monoisotopic (exact) mass is 216 g/mol. The number of hydrogen-bond donors (Lipinski definition) is 1. The van der Waals surface area contributed by atoms with Crippen molar-refractivity contribution in [2.45, 2.75) is 6.04 Å². The highest BCUT2D eigenvalue weighted by atomic mass is 16.2. The lowest BCUT2D eigenvalue weighted by molar-refractivity contribution is -0.126. The van der Waals surface area contributed by atoms with Gasteiger partial charge in [-0.25, -0.2) is 0 Å². The van der Waals surface area contributed by atoms with Crippen molar-refractivity contribution in [3.05, 3.63) is 43.0 Å². The summed E-state index contributed by atoms with van der Waals surface area (Å²) in [4.78, 5) is 14.0. The maximum Gasteiger partial charge on any atom is 0.230 e. The number of amides is 1. The van der Waals surface area contributed by atoms with Gasteiger partial charge < -0.3 is 5.32 Å². The topological polar surface area (TPSA) is 32.3 Å². The normalized spacial score (nSPS) is 24.6. The number of benzene rings is 1. The Morgan fingerprint density at radius 3 is 2.75 bits per heavy atom. The molecule has 1 aromatic rings. The highest BCUT2D eigenvalue weighted by molar-refractivity contribution is 5.94. The molecular weight excluding hydrogens is 200 g/mol. The summed E-state index contributed by atoms with van der Waals surface area (Å²) in [5.74, 6) is 0.108. The van der Waals surface area contributed by atoms with Gasteiger partial charge in [0, 0.05) is 18.3 Å². The van der Waals surface area contributed by atoms with Crippen LogP contribution in [0.2, 0.25) is 0 Å². The SMILES string of the molecule is C=C[C@H]1[C@H](C(=O)Nc2ccccc2)CN1C. The summed E-state index contributed by atoms with van der Waals surface area (Å²) in [5, 5.41) is 2.92. The van der Waals surface area contributed by atoms with E-state index < -0.39 is 0 Å². The van der Waals surface area contributed by atoms with E-state index in [1.54, 1.807) is 0 Å². The fourth-order valence-corrected chi connectivity index (χ4v) is 2.05. The first-order chi connectivity index (χ1) is 7.72. The van der Waals surface area contributed by atoms with E-state index in [1.807, 2.05) is 43.5 Å². The number of anilines is 1. The standard InChI is InChI=1S/C13H16N2O/c1-3-12-11(9-15(12)2)13(16)14-10-7-5-4-6-8-10/h3-8,11-12H,1,9H2,2H3,(H,14,16)/t11-,12+/m1/s1. The summed E-state index contributed by atoms with van der Waals surface area (Å²) in [6.45, 7) is 4.55. The molecule has 0 radical (unpaired) electrons. The van der Waals surface area contributed by atoms with Crippen LogP contribution in [0.4, 0.5) is 5.69 Å². The van der Waals surface area contributed by atoms with E-state index >= 15 is 0 Å². The molecule has 1 saturated heterocycles. The number of likely N-dealkylation sites (tertiary alicyclic amines) is 1. The van der Waals surface area contributed by atoms with Crippen LogP contribution in [0.25, 0.3) is 0 Å². The number of carbonyl (C=O) groups excluding carboxylic acids is 1. The minimum absolute atomic E-state index is 0.0303. The second-order valence-electron chi connectivity index (χ2n) is 4.13. The first-order valence-corrected chi connectivity index (χ1v) is 5.41. The predicted octanol–water partition coefficient (Wildman–Crippen LogP) is 1.74. The van der Waals surface area contributed by atoms with Gasteiger partial charge in [0.2, 0.25) is 5.91 Å². The predicted molar refractivity (Wildman–Crippen MR) is 65.2 cm³/mol. The lowest BCUT2D eigenvalue weighted by Gasteiger charge is -2.43. The first kappa shape index (κ1) is 10.9. The first-order valence-electron chi connectivity index (χ1n) is 5.41. The van der Waals surface area contributed by atoms with Crippen LogP contribution >= 0.6 is 0 Å². The quantitative estimate of drug-likeness (QED) is 0.781. The third kappa shape index (κ3) is 1.99. The van der Waals surface area contributed by atoms with Gasteiger partial charge in [-0.05, 0) is 19.2 Å². The minimum atomic E-state index is 0.0303. The van der Waals surface area contributed by atoms with E-state index in [9.17, 15) is 4.79 Å². The minimum Gasteiger partial charge on any atom is -0.326 e. The zero-order valence-corrected chi connectivity index (χ0v) is 9.39. The Bertz CT molecular complexity index is 388. The van der Waals surface area contributed by atoms with Crippen LogP contribution in [-0.2, 0) is 4.79 Å². The molecule has 3 nitrogen and oxygen atoms in total. The maximum absolute atomic E-state index is 11.9. The van der Waals surface area contributed by atoms with Crippen LogP contribution in [0.1, 0.15) is 0 Å². The molecule has 16 heavy (non-hydrogen) atoms. The molecule has 1 fully saturated rings. The molecule has 84 valence electrons. The number of nitrogens with one attached hydrogen (secondary N) is 1. The van der Waals surface area contributed by atoms with Gasteiger partial charge in [0.05, 0.1) is 5.92 Å². The number of nitrogens with zero attached hydrogens (tertiary/aromatic N) is 1. The molecule has 2 rings (SSSR count). The van der Waals surface area contributed by atoms with Crippen molar-refractivity contribution in [3.8, 4) is 0 Å². The van der Waals surface area contributed by atoms with E-state index in [0.717, 1.165) is 12.2 Å². The Hall–Kier alpha value is -1.61. The van der Waals surface area contributed by atoms with Gasteiger partial charge in [0.25, 0.3) is 0 Å². The third-order valence-electron chi connectivity index (χ3n) is 3.03. The summed E-state index contributed by atoms with van der Waals surface area (Å²) in [5.41, 5.74) is 0.852. The summed E-state index contributed by atoms with van der Waals surface area (Å²) in [6.07, 6.45) is 1.83. The van der Waals surface area contributed by atoms with E-state index in [0.29, 0.717) is 0 Å². The molecule has 1 aliphatic heterocycles. The van der Waals surface area contributed by atoms with Crippen molar-refractivity contribution in [3.63, 3.8) is 0 Å². The smallest absolute Gasteiger partial charge is 0.230 e. The zero-order valence-electron chi connectivity index (χ0n) is 9.39. The van der Waals surface area contributed by atoms with Crippen LogP contribution in [-0.4, -0.2) is 30.4 Å². The van der Waals surface area contributed by atoms with Crippen LogP contribution in [0.3, 0.4) is 0 Å². The fourth-order valence-electron chi connectivity index (χ4n) is 2.05. The molecule has 1 amide bonds. The largest absolute Gasteiger partial charge is 0.326 e. The summed E-state index contributed by atoms with van der Waals surface area (Å²) in [7, 11) is 2.00. The van der Waals surface area contributed by atoms with E-state index in [1.165, 1.54) is 0 Å². The summed E-state index contributed by atoms with van der Waals surface area (Å²) in [6, 6.07) is 9.70. The molecule has 0 unspecified atom stereocenters. The molecule has 0 aliphatic carbocycles. The lowest BCUT2D eigenvalue weighted by atomic mass is 9.88. The average Bonchev–Trinajstić information content (AvgIpc) is 2.27. The van der Waals surface area contributed by atoms with Crippen molar-refractivity contribution < 1.29 is 4.79 Å². The van der Waals surface area contributed by atoms with Crippen molar-refractivity contribution in [2.75, 3.05) is 18.9 Å². The van der Waals surface area contributed by atoms with Gasteiger partial charge in [0.15, 0.2) is 0 Å². The van der Waals surface area contributed by atoms with E-state index in [2.05, 4.69) is 16.8 Å². The molecule has 2 atom stereocenters. The van der Waals surface area contributed by atoms with Crippen molar-refractivity contribution in [1.29, 1.82) is 0 Å². The van der Waals surface area contributed by atoms with Crippen molar-refractivity contribution in [1.82, 2.24) is 4.90 Å². The Balaban J connectivity index is 1.97. The second-order valence-corrected chi connectivity index (χ2v) is 4.13. The number of likely N-dealkylation sites (N-methyl/N-ethyl adjacent to an activating group) is 1. The zero-order chi connectivity index (χ0) is 11.5. The Labute approximate surface area is 95.8 Å². The Kier molecular flexibility index (Phi) is 3.06. The van der Waals surface area contributed by atoms with E-state index in [4.69, 9.17) is 0 Å². The van der Waals surface area contributed by atoms with Crippen LogP contribution < -0.4 is 5.32 Å². The molecule has 3 heteroatoms. The Morgan fingerprint density at radius 2 is 2.19 bits per heavy atom. The van der Waals surface area contributed by atoms with Crippen LogP contribution in [0.5, 0.6) is 0 Å². The summed E-state index contributed by atoms with van der Waals surface area (Å²) >= 11 is 0. The fraction of sp³-hybridized carbons (Fsp3) is 0.308. The molecule has 1 aromatic carbocycles. The Morgan fingerprint density at radius 1 is 1.50 bits per heavy atom. The van der Waals surface area contributed by atoms with Gasteiger partial charge in [-0.15, -0.1) is 6.58 Å². The van der Waals surface area contributed by atoms with Crippen LogP contribution in [0, 0.1) is 5.92 Å². The molecule has 1 aliphatic rings. The van der Waals surface area contributed by atoms with Gasteiger partial charge in [-0.2, -0.15) is 0 Å². The number of carbonyl (C=O) groups is 1. The molecule has 0 bridgehead atoms. The second kappa shape index (κ2) is 4.49. The van der Waals surface area contributed by atoms with E-state index in [-0.39, 0.29) is 17.9 Å². The van der Waals surface area contributed by atoms with Gasteiger partial charge >= 0.3 is 0 Å². The number of para-hydroxylation sites is 1. The molecule has 1 heterocycles. The van der Waals surface area contributed by atoms with Crippen molar-refractivity contribution >= 4 is 11.6 Å². The molecule has 0 aromatic heterocycles. The maximum atomic E-state index is 11.9. The lowest BCUT2D eigenvalue weighted by Crippen LogP contribution is -2.57. The van der Waals surface area contributed by atoms with Crippen molar-refractivity contribution in [2.24, 2.45) is 5.92 Å². The van der Waals surface area contributed by atoms with Crippen LogP contribution in [0.15, 0.2) is 43.0 Å². The van der Waals surface area contributed by atoms with Gasteiger partial charge in [-0.3, -0.25) is 9.69 Å². The number of hydrogen-bond acceptors (Lipinski definition) is 2. The average molecular weight is 216 g/mol. The number of rotatable bonds is 3. The molecule has 0 saturated carbocycles. The molecule has 1 N–H and O–H groups in total. The highest BCUT2D eigenvalue weighted by Gasteiger charge is 2.39. The molecule has 0 spiro atoms. The summed E-state index contributed by atoms with van der Waals surface area (Å²) < 4.78 is 0. The highest BCUT2D eigenvalue weighted by Crippen LogP contribution is 2.25.